The Labute approximate surface area is 184 Å². The van der Waals surface area contributed by atoms with Crippen LogP contribution >= 0.6 is 0 Å². The van der Waals surface area contributed by atoms with Crippen LogP contribution in [0.1, 0.15) is 27.4 Å². The van der Waals surface area contributed by atoms with E-state index in [4.69, 9.17) is 10.5 Å². The number of nitrogens with one attached hydrogen (secondary N) is 1. The Morgan fingerprint density at radius 2 is 2.09 bits per heavy atom. The quantitative estimate of drug-likeness (QED) is 0.442. The number of hydrogen-bond donors (Lipinski definition) is 2. The number of pyridine rings is 1. The largest absolute Gasteiger partial charge is 0.492 e. The minimum Gasteiger partial charge on any atom is -0.492 e. The van der Waals surface area contributed by atoms with E-state index in [9.17, 15) is 9.18 Å². The second-order valence-corrected chi connectivity index (χ2v) is 7.57. The van der Waals surface area contributed by atoms with Crippen LogP contribution in [0.2, 0.25) is 0 Å². The Morgan fingerprint density at radius 1 is 1.28 bits per heavy atom. The summed E-state index contributed by atoms with van der Waals surface area (Å²) in [4.78, 5) is 16.1. The van der Waals surface area contributed by atoms with Gasteiger partial charge in [0.2, 0.25) is 0 Å². The molecule has 32 heavy (non-hydrogen) atoms. The molecule has 9 heteroatoms. The average molecular weight is 436 g/mol. The van der Waals surface area contributed by atoms with Gasteiger partial charge in [0.15, 0.2) is 5.69 Å². The molecule has 0 radical (unpaired) electrons. The van der Waals surface area contributed by atoms with Gasteiger partial charge < -0.3 is 20.2 Å². The molecule has 0 fully saturated rings. The van der Waals surface area contributed by atoms with Crippen LogP contribution in [0.4, 0.5) is 4.39 Å². The molecule has 1 amide bonds. The number of hydrogen-bond acceptors (Lipinski definition) is 5. The molecule has 8 nitrogen and oxygen atoms in total. The summed E-state index contributed by atoms with van der Waals surface area (Å²) in [6, 6.07) is 8.32. The summed E-state index contributed by atoms with van der Waals surface area (Å²) in [5, 5.41) is 7.30. The van der Waals surface area contributed by atoms with Crippen LogP contribution in [-0.2, 0) is 20.0 Å². The number of aromatic nitrogens is 4. The van der Waals surface area contributed by atoms with Crippen molar-refractivity contribution in [2.45, 2.75) is 19.9 Å². The van der Waals surface area contributed by atoms with Gasteiger partial charge in [0, 0.05) is 54.7 Å². The zero-order valence-corrected chi connectivity index (χ0v) is 18.2. The van der Waals surface area contributed by atoms with Crippen molar-refractivity contribution in [3.8, 4) is 16.9 Å². The third kappa shape index (κ3) is 4.06. The fraction of sp³-hybridized carbons (Fsp3) is 0.261. The van der Waals surface area contributed by atoms with E-state index in [2.05, 4.69) is 15.4 Å². The van der Waals surface area contributed by atoms with Crippen LogP contribution in [-0.4, -0.2) is 38.7 Å². The minimum atomic E-state index is -0.582. The maximum absolute atomic E-state index is 14.0. The zero-order valence-electron chi connectivity index (χ0n) is 18.2. The molecular weight excluding hydrogens is 411 g/mol. The van der Waals surface area contributed by atoms with E-state index < -0.39 is 11.7 Å². The first kappa shape index (κ1) is 21.5. The maximum atomic E-state index is 14.0. The number of amides is 1. The molecule has 1 aromatic carbocycles. The molecule has 0 saturated heterocycles. The molecule has 0 saturated carbocycles. The van der Waals surface area contributed by atoms with Crippen molar-refractivity contribution in [1.29, 1.82) is 0 Å². The number of carbonyl (C=O) groups is 1. The Hall–Kier alpha value is -3.72. The molecule has 4 rings (SSSR count). The monoisotopic (exact) mass is 436 g/mol. The highest BCUT2D eigenvalue weighted by Crippen LogP contribution is 2.31. The molecule has 0 unspecified atom stereocenters. The van der Waals surface area contributed by atoms with Crippen molar-refractivity contribution in [3.63, 3.8) is 0 Å². The predicted molar refractivity (Wildman–Crippen MR) is 119 cm³/mol. The number of primary amides is 1. The maximum Gasteiger partial charge on any atom is 0.269 e. The highest BCUT2D eigenvalue weighted by atomic mass is 19.1. The van der Waals surface area contributed by atoms with E-state index in [-0.39, 0.29) is 12.3 Å². The standard InChI is InChI=1S/C23H25FN6O2/c1-14-18(22(23(25)31)28-29(14)3)8-9-32-20-10-16(24)5-6-19(20)15-4-7-21-27-12-17(11-26-2)30(21)13-15/h4-7,10,12-13,26H,8-9,11H2,1-3H3,(H2,25,31). The van der Waals surface area contributed by atoms with Crippen molar-refractivity contribution in [2.24, 2.45) is 12.8 Å². The Bertz CT molecular complexity index is 1290. The summed E-state index contributed by atoms with van der Waals surface area (Å²) in [5.74, 6) is -0.554. The van der Waals surface area contributed by atoms with E-state index in [1.54, 1.807) is 17.8 Å². The van der Waals surface area contributed by atoms with Crippen LogP contribution in [0.5, 0.6) is 5.75 Å². The highest BCUT2D eigenvalue weighted by molar-refractivity contribution is 5.92. The zero-order chi connectivity index (χ0) is 22.8. The summed E-state index contributed by atoms with van der Waals surface area (Å²) >= 11 is 0. The number of nitrogens with zero attached hydrogens (tertiary/aromatic N) is 4. The van der Waals surface area contributed by atoms with Gasteiger partial charge >= 0.3 is 0 Å². The molecule has 3 N–H and O–H groups in total. The van der Waals surface area contributed by atoms with Gasteiger partial charge in [0.25, 0.3) is 5.91 Å². The Balaban J connectivity index is 1.62. The average Bonchev–Trinajstić information content (AvgIpc) is 3.29. The fourth-order valence-electron chi connectivity index (χ4n) is 3.77. The number of imidazole rings is 1. The van der Waals surface area contributed by atoms with Gasteiger partial charge in [0.1, 0.15) is 17.2 Å². The van der Waals surface area contributed by atoms with E-state index in [0.29, 0.717) is 18.7 Å². The van der Waals surface area contributed by atoms with Crippen LogP contribution in [0, 0.1) is 12.7 Å². The van der Waals surface area contributed by atoms with Gasteiger partial charge in [-0.05, 0) is 38.2 Å². The third-order valence-corrected chi connectivity index (χ3v) is 5.50. The number of rotatable bonds is 8. The van der Waals surface area contributed by atoms with E-state index in [0.717, 1.165) is 33.7 Å². The molecule has 4 aromatic rings. The number of ether oxygens (including phenoxy) is 1. The van der Waals surface area contributed by atoms with Crippen LogP contribution in [0.15, 0.2) is 42.7 Å². The Morgan fingerprint density at radius 3 is 2.84 bits per heavy atom. The van der Waals surface area contributed by atoms with Gasteiger partial charge in [-0.2, -0.15) is 5.10 Å². The number of carbonyl (C=O) groups excluding carboxylic acids is 1. The molecule has 0 atom stereocenters. The topological polar surface area (TPSA) is 99.5 Å². The van der Waals surface area contributed by atoms with Crippen LogP contribution in [0.25, 0.3) is 16.8 Å². The second kappa shape index (κ2) is 8.80. The summed E-state index contributed by atoms with van der Waals surface area (Å²) in [7, 11) is 3.63. The van der Waals surface area contributed by atoms with E-state index in [1.807, 2.05) is 42.9 Å². The molecule has 166 valence electrons. The molecule has 0 spiro atoms. The lowest BCUT2D eigenvalue weighted by molar-refractivity contribution is 0.0994. The molecule has 0 aliphatic carbocycles. The molecule has 3 aromatic heterocycles. The van der Waals surface area contributed by atoms with Gasteiger partial charge in [-0.15, -0.1) is 0 Å². The van der Waals surface area contributed by atoms with Crippen LogP contribution < -0.4 is 15.8 Å². The van der Waals surface area contributed by atoms with Crippen molar-refractivity contribution < 1.29 is 13.9 Å². The van der Waals surface area contributed by atoms with Crippen molar-refractivity contribution in [3.05, 3.63) is 71.2 Å². The molecule has 0 aliphatic rings. The number of fused-ring (bicyclic) bond motifs is 1. The minimum absolute atomic E-state index is 0.232. The molecule has 0 bridgehead atoms. The first-order valence-electron chi connectivity index (χ1n) is 10.2. The normalized spacial score (nSPS) is 11.2. The fourth-order valence-corrected chi connectivity index (χ4v) is 3.77. The molecule has 3 heterocycles. The van der Waals surface area contributed by atoms with E-state index in [1.165, 1.54) is 12.1 Å². The summed E-state index contributed by atoms with van der Waals surface area (Å²) in [6.07, 6.45) is 4.20. The van der Waals surface area contributed by atoms with Gasteiger partial charge in [0.05, 0.1) is 18.5 Å². The lowest BCUT2D eigenvalue weighted by Crippen LogP contribution is -2.15. The third-order valence-electron chi connectivity index (χ3n) is 5.50. The van der Waals surface area contributed by atoms with Gasteiger partial charge in [-0.1, -0.05) is 0 Å². The summed E-state index contributed by atoms with van der Waals surface area (Å²) in [5.41, 5.74) is 10.7. The lowest BCUT2D eigenvalue weighted by Gasteiger charge is -2.13. The molecule has 0 aliphatic heterocycles. The SMILES string of the molecule is CNCc1cnc2ccc(-c3ccc(F)cc3OCCc3c(C(N)=O)nn(C)c3C)cn12. The first-order chi connectivity index (χ1) is 15.4. The number of benzene rings is 1. The van der Waals surface area contributed by atoms with Crippen molar-refractivity contribution in [1.82, 2.24) is 24.5 Å². The number of halogens is 1. The summed E-state index contributed by atoms with van der Waals surface area (Å²) in [6.45, 7) is 2.77. The number of aryl methyl sites for hydroxylation is 1. The smallest absolute Gasteiger partial charge is 0.269 e. The van der Waals surface area contributed by atoms with Crippen molar-refractivity contribution >= 4 is 11.6 Å². The van der Waals surface area contributed by atoms with E-state index >= 15 is 0 Å². The van der Waals surface area contributed by atoms with Gasteiger partial charge in [-0.25, -0.2) is 9.37 Å². The predicted octanol–water partition coefficient (Wildman–Crippen LogP) is 2.62. The lowest BCUT2D eigenvalue weighted by atomic mass is 10.1. The van der Waals surface area contributed by atoms with Gasteiger partial charge in [-0.3, -0.25) is 9.48 Å². The Kier molecular flexibility index (Phi) is 5.91. The highest BCUT2D eigenvalue weighted by Gasteiger charge is 2.18. The van der Waals surface area contributed by atoms with Crippen LogP contribution in [0.3, 0.4) is 0 Å². The molecular formula is C23H25FN6O2. The second-order valence-electron chi connectivity index (χ2n) is 7.57. The summed E-state index contributed by atoms with van der Waals surface area (Å²) < 4.78 is 23.6. The first-order valence-corrected chi connectivity index (χ1v) is 10.2. The number of nitrogens with two attached hydrogens (primary N) is 1. The van der Waals surface area contributed by atoms with Crippen molar-refractivity contribution in [2.75, 3.05) is 13.7 Å².